The SMILES string of the molecule is CN(C)c1nc(NC2CCC(CNC(=O)c3ccc(CF)cc3)CC2)nc2ccccc12. The summed E-state index contributed by atoms with van der Waals surface area (Å²) in [6.07, 6.45) is 4.10. The number of rotatable bonds is 7. The third-order valence-electron chi connectivity index (χ3n) is 6.11. The van der Waals surface area contributed by atoms with Crippen molar-refractivity contribution in [1.29, 1.82) is 0 Å². The number of nitrogens with one attached hydrogen (secondary N) is 2. The maximum absolute atomic E-state index is 12.6. The topological polar surface area (TPSA) is 70.2 Å². The largest absolute Gasteiger partial charge is 0.362 e. The molecule has 2 aromatic carbocycles. The standard InChI is InChI=1S/C25H30FN5O/c1-31(2)23-21-5-3-4-6-22(21)29-25(30-23)28-20-13-9-18(10-14-20)16-27-24(32)19-11-7-17(15-26)8-12-19/h3-8,11-12,18,20H,9-10,13-16H2,1-2H3,(H,27,32)(H,28,29,30). The highest BCUT2D eigenvalue weighted by atomic mass is 19.1. The van der Waals surface area contributed by atoms with E-state index >= 15 is 0 Å². The molecule has 32 heavy (non-hydrogen) atoms. The van der Waals surface area contributed by atoms with Gasteiger partial charge < -0.3 is 15.5 Å². The Labute approximate surface area is 188 Å². The zero-order valence-electron chi connectivity index (χ0n) is 18.6. The van der Waals surface area contributed by atoms with Crippen LogP contribution in [0.1, 0.15) is 41.6 Å². The van der Waals surface area contributed by atoms with Crippen LogP contribution in [0.25, 0.3) is 10.9 Å². The lowest BCUT2D eigenvalue weighted by atomic mass is 9.86. The first kappa shape index (κ1) is 22.0. The highest BCUT2D eigenvalue weighted by molar-refractivity contribution is 5.94. The lowest BCUT2D eigenvalue weighted by molar-refractivity contribution is 0.0943. The van der Waals surface area contributed by atoms with Gasteiger partial charge in [0.2, 0.25) is 5.95 Å². The second kappa shape index (κ2) is 9.94. The van der Waals surface area contributed by atoms with Gasteiger partial charge in [0.15, 0.2) is 0 Å². The molecule has 3 aromatic rings. The fourth-order valence-corrected chi connectivity index (χ4v) is 4.24. The van der Waals surface area contributed by atoms with Crippen LogP contribution in [0.3, 0.4) is 0 Å². The minimum Gasteiger partial charge on any atom is -0.362 e. The Morgan fingerprint density at radius 3 is 2.44 bits per heavy atom. The van der Waals surface area contributed by atoms with Gasteiger partial charge in [0.25, 0.3) is 5.91 Å². The molecule has 2 N–H and O–H groups in total. The molecule has 1 aromatic heterocycles. The Bertz CT molecular complexity index is 1060. The van der Waals surface area contributed by atoms with Crippen LogP contribution in [0, 0.1) is 5.92 Å². The highest BCUT2D eigenvalue weighted by Gasteiger charge is 2.23. The lowest BCUT2D eigenvalue weighted by Gasteiger charge is -2.29. The van der Waals surface area contributed by atoms with Gasteiger partial charge in [-0.05, 0) is 61.4 Å². The quantitative estimate of drug-likeness (QED) is 0.569. The number of amides is 1. The number of anilines is 2. The molecule has 1 aliphatic rings. The summed E-state index contributed by atoms with van der Waals surface area (Å²) < 4.78 is 12.6. The summed E-state index contributed by atoms with van der Waals surface area (Å²) in [5.41, 5.74) is 2.09. The number of alkyl halides is 1. The van der Waals surface area contributed by atoms with Gasteiger partial charge in [0, 0.05) is 37.6 Å². The number of halogens is 1. The van der Waals surface area contributed by atoms with E-state index in [9.17, 15) is 9.18 Å². The molecule has 0 spiro atoms. The average Bonchev–Trinajstić information content (AvgIpc) is 2.83. The first-order chi connectivity index (χ1) is 15.5. The molecule has 0 radical (unpaired) electrons. The van der Waals surface area contributed by atoms with E-state index in [4.69, 9.17) is 9.97 Å². The molecule has 1 amide bonds. The second-order valence-corrected chi connectivity index (χ2v) is 8.68. The fraction of sp³-hybridized carbons (Fsp3) is 0.400. The maximum atomic E-state index is 12.6. The van der Waals surface area contributed by atoms with E-state index in [2.05, 4.69) is 10.6 Å². The summed E-state index contributed by atoms with van der Waals surface area (Å²) in [4.78, 5) is 23.8. The minimum atomic E-state index is -0.514. The molecule has 7 heteroatoms. The fourth-order valence-electron chi connectivity index (χ4n) is 4.24. The van der Waals surface area contributed by atoms with Crippen molar-refractivity contribution in [2.75, 3.05) is 30.9 Å². The van der Waals surface area contributed by atoms with E-state index in [-0.39, 0.29) is 5.91 Å². The monoisotopic (exact) mass is 435 g/mol. The molecule has 1 fully saturated rings. The maximum Gasteiger partial charge on any atom is 0.251 e. The Balaban J connectivity index is 1.30. The van der Waals surface area contributed by atoms with Crippen LogP contribution in [0.2, 0.25) is 0 Å². The molecule has 0 bridgehead atoms. The molecular formula is C25H30FN5O. The van der Waals surface area contributed by atoms with Gasteiger partial charge in [-0.1, -0.05) is 24.3 Å². The average molecular weight is 436 g/mol. The van der Waals surface area contributed by atoms with Gasteiger partial charge in [0.1, 0.15) is 12.5 Å². The molecule has 168 valence electrons. The summed E-state index contributed by atoms with van der Waals surface area (Å²) >= 11 is 0. The van der Waals surface area contributed by atoms with Gasteiger partial charge >= 0.3 is 0 Å². The number of benzene rings is 2. The molecule has 0 unspecified atom stereocenters. The molecule has 4 rings (SSSR count). The summed E-state index contributed by atoms with van der Waals surface area (Å²) in [6.45, 7) is 0.146. The van der Waals surface area contributed by atoms with Crippen molar-refractivity contribution in [3.05, 3.63) is 59.7 Å². The number of para-hydroxylation sites is 1. The zero-order chi connectivity index (χ0) is 22.5. The highest BCUT2D eigenvalue weighted by Crippen LogP contribution is 2.28. The van der Waals surface area contributed by atoms with Crippen molar-refractivity contribution in [3.8, 4) is 0 Å². The van der Waals surface area contributed by atoms with E-state index < -0.39 is 6.67 Å². The summed E-state index contributed by atoms with van der Waals surface area (Å²) in [5, 5.41) is 7.59. The van der Waals surface area contributed by atoms with Crippen molar-refractivity contribution in [2.24, 2.45) is 5.92 Å². The van der Waals surface area contributed by atoms with Crippen molar-refractivity contribution < 1.29 is 9.18 Å². The van der Waals surface area contributed by atoms with E-state index in [1.807, 2.05) is 43.3 Å². The summed E-state index contributed by atoms with van der Waals surface area (Å²) in [5.74, 6) is 1.93. The summed E-state index contributed by atoms with van der Waals surface area (Å²) in [6, 6.07) is 15.0. The predicted molar refractivity (Wildman–Crippen MR) is 127 cm³/mol. The van der Waals surface area contributed by atoms with E-state index in [1.54, 1.807) is 24.3 Å². The predicted octanol–water partition coefficient (Wildman–Crippen LogP) is 4.57. The third kappa shape index (κ3) is 5.15. The molecule has 1 heterocycles. The first-order valence-corrected chi connectivity index (χ1v) is 11.2. The molecular weight excluding hydrogens is 405 g/mol. The smallest absolute Gasteiger partial charge is 0.251 e. The van der Waals surface area contributed by atoms with Gasteiger partial charge in [-0.3, -0.25) is 4.79 Å². The van der Waals surface area contributed by atoms with Crippen LogP contribution in [-0.2, 0) is 6.67 Å². The van der Waals surface area contributed by atoms with Gasteiger partial charge in [0.05, 0.1) is 5.52 Å². The van der Waals surface area contributed by atoms with Gasteiger partial charge in [-0.2, -0.15) is 4.98 Å². The van der Waals surface area contributed by atoms with Crippen molar-refractivity contribution >= 4 is 28.6 Å². The van der Waals surface area contributed by atoms with Crippen LogP contribution in [-0.4, -0.2) is 42.6 Å². The molecule has 0 aliphatic heterocycles. The normalized spacial score (nSPS) is 18.3. The van der Waals surface area contributed by atoms with Gasteiger partial charge in [-0.15, -0.1) is 0 Å². The van der Waals surface area contributed by atoms with Crippen LogP contribution in [0.5, 0.6) is 0 Å². The number of fused-ring (bicyclic) bond motifs is 1. The van der Waals surface area contributed by atoms with E-state index in [0.29, 0.717) is 35.6 Å². The van der Waals surface area contributed by atoms with Crippen molar-refractivity contribution in [3.63, 3.8) is 0 Å². The molecule has 0 atom stereocenters. The van der Waals surface area contributed by atoms with Crippen molar-refractivity contribution in [1.82, 2.24) is 15.3 Å². The van der Waals surface area contributed by atoms with Crippen LogP contribution >= 0.6 is 0 Å². The van der Waals surface area contributed by atoms with Gasteiger partial charge in [-0.25, -0.2) is 9.37 Å². The Morgan fingerprint density at radius 2 is 1.75 bits per heavy atom. The second-order valence-electron chi connectivity index (χ2n) is 8.68. The number of nitrogens with zero attached hydrogens (tertiary/aromatic N) is 3. The van der Waals surface area contributed by atoms with Crippen LogP contribution in [0.4, 0.5) is 16.2 Å². The third-order valence-corrected chi connectivity index (χ3v) is 6.11. The lowest BCUT2D eigenvalue weighted by Crippen LogP contribution is -2.34. The number of carbonyl (C=O) groups excluding carboxylic acids is 1. The number of hydrogen-bond donors (Lipinski definition) is 2. The molecule has 6 nitrogen and oxygen atoms in total. The molecule has 1 aliphatic carbocycles. The van der Waals surface area contributed by atoms with E-state index in [1.165, 1.54) is 0 Å². The number of aromatic nitrogens is 2. The van der Waals surface area contributed by atoms with Crippen molar-refractivity contribution in [2.45, 2.75) is 38.4 Å². The molecule has 0 saturated heterocycles. The molecule has 1 saturated carbocycles. The zero-order valence-corrected chi connectivity index (χ0v) is 18.6. The summed E-state index contributed by atoms with van der Waals surface area (Å²) in [7, 11) is 3.99. The minimum absolute atomic E-state index is 0.101. The number of hydrogen-bond acceptors (Lipinski definition) is 5. The van der Waals surface area contributed by atoms with Crippen LogP contribution in [0.15, 0.2) is 48.5 Å². The Kier molecular flexibility index (Phi) is 6.83. The Morgan fingerprint density at radius 1 is 1.03 bits per heavy atom. The van der Waals surface area contributed by atoms with E-state index in [0.717, 1.165) is 42.4 Å². The first-order valence-electron chi connectivity index (χ1n) is 11.2. The van der Waals surface area contributed by atoms with Crippen LogP contribution < -0.4 is 15.5 Å². The Hall–Kier alpha value is -3.22. The number of carbonyl (C=O) groups is 1.